The van der Waals surface area contributed by atoms with Crippen molar-refractivity contribution in [3.05, 3.63) is 29.8 Å². The molecule has 4 unspecified atom stereocenters. The van der Waals surface area contributed by atoms with Crippen molar-refractivity contribution in [3.63, 3.8) is 0 Å². The standard InChI is InChI=1S/C17H21NO4/c1-22-13-5-3-2-4-12(13)9-18-16(19)14-10-6-7-11(8-10)15(14)17(20)21/h2-5,10-11,14-15H,6-9H2,1H3,(H,18,19)(H,20,21). The Morgan fingerprint density at radius 1 is 1.23 bits per heavy atom. The highest BCUT2D eigenvalue weighted by atomic mass is 16.5. The maximum atomic E-state index is 12.5. The Balaban J connectivity index is 1.68. The number of carboxylic acids is 1. The number of hydrogen-bond donors (Lipinski definition) is 2. The van der Waals surface area contributed by atoms with Crippen molar-refractivity contribution in [2.24, 2.45) is 23.7 Å². The molecule has 5 heteroatoms. The highest BCUT2D eigenvalue weighted by molar-refractivity contribution is 5.86. The van der Waals surface area contributed by atoms with E-state index >= 15 is 0 Å². The quantitative estimate of drug-likeness (QED) is 0.873. The fraction of sp³-hybridized carbons (Fsp3) is 0.529. The molecule has 0 spiro atoms. The van der Waals surface area contributed by atoms with E-state index in [4.69, 9.17) is 4.74 Å². The number of nitrogens with one attached hydrogen (secondary N) is 1. The maximum absolute atomic E-state index is 12.5. The van der Waals surface area contributed by atoms with Crippen molar-refractivity contribution in [2.75, 3.05) is 7.11 Å². The lowest BCUT2D eigenvalue weighted by Crippen LogP contribution is -2.41. The van der Waals surface area contributed by atoms with Crippen LogP contribution in [0.1, 0.15) is 24.8 Å². The molecule has 0 heterocycles. The van der Waals surface area contributed by atoms with E-state index in [1.165, 1.54) is 0 Å². The third-order valence-corrected chi connectivity index (χ3v) is 5.15. The number of methoxy groups -OCH3 is 1. The summed E-state index contributed by atoms with van der Waals surface area (Å²) < 4.78 is 5.27. The summed E-state index contributed by atoms with van der Waals surface area (Å²) in [5.41, 5.74) is 0.897. The molecule has 22 heavy (non-hydrogen) atoms. The van der Waals surface area contributed by atoms with Crippen LogP contribution in [0.25, 0.3) is 0 Å². The summed E-state index contributed by atoms with van der Waals surface area (Å²) in [5, 5.41) is 12.3. The van der Waals surface area contributed by atoms with Gasteiger partial charge in [0.2, 0.25) is 5.91 Å². The van der Waals surface area contributed by atoms with Gasteiger partial charge in [-0.05, 0) is 37.2 Å². The Morgan fingerprint density at radius 2 is 1.91 bits per heavy atom. The lowest BCUT2D eigenvalue weighted by atomic mass is 9.78. The number of rotatable bonds is 5. The second-order valence-corrected chi connectivity index (χ2v) is 6.25. The minimum absolute atomic E-state index is 0.134. The van der Waals surface area contributed by atoms with Gasteiger partial charge in [-0.15, -0.1) is 0 Å². The van der Waals surface area contributed by atoms with Crippen molar-refractivity contribution in [1.82, 2.24) is 5.32 Å². The molecule has 0 aromatic heterocycles. The molecule has 4 atom stereocenters. The molecular weight excluding hydrogens is 282 g/mol. The van der Waals surface area contributed by atoms with Crippen LogP contribution in [0.15, 0.2) is 24.3 Å². The summed E-state index contributed by atoms with van der Waals surface area (Å²) in [6.07, 6.45) is 2.79. The lowest BCUT2D eigenvalue weighted by Gasteiger charge is -2.27. The van der Waals surface area contributed by atoms with E-state index in [-0.39, 0.29) is 23.7 Å². The minimum atomic E-state index is -0.829. The summed E-state index contributed by atoms with van der Waals surface area (Å²) >= 11 is 0. The fourth-order valence-electron chi connectivity index (χ4n) is 4.17. The average molecular weight is 303 g/mol. The first-order valence-electron chi connectivity index (χ1n) is 7.74. The molecule has 0 aliphatic heterocycles. The van der Waals surface area contributed by atoms with E-state index in [1.54, 1.807) is 7.11 Å². The van der Waals surface area contributed by atoms with Crippen LogP contribution >= 0.6 is 0 Å². The lowest BCUT2D eigenvalue weighted by molar-refractivity contribution is -0.149. The Labute approximate surface area is 129 Å². The van der Waals surface area contributed by atoms with E-state index in [1.807, 2.05) is 24.3 Å². The molecule has 2 fully saturated rings. The average Bonchev–Trinajstić information content (AvgIpc) is 3.13. The number of aliphatic carboxylic acids is 1. The zero-order valence-electron chi connectivity index (χ0n) is 12.6. The molecule has 2 N–H and O–H groups in total. The van der Waals surface area contributed by atoms with Gasteiger partial charge >= 0.3 is 5.97 Å². The molecule has 2 aliphatic carbocycles. The van der Waals surface area contributed by atoms with Crippen LogP contribution in [-0.2, 0) is 16.1 Å². The Morgan fingerprint density at radius 3 is 2.59 bits per heavy atom. The van der Waals surface area contributed by atoms with Gasteiger partial charge in [-0.25, -0.2) is 0 Å². The third kappa shape index (κ3) is 2.56. The maximum Gasteiger partial charge on any atom is 0.307 e. The van der Waals surface area contributed by atoms with Gasteiger partial charge in [0.05, 0.1) is 18.9 Å². The van der Waals surface area contributed by atoms with Gasteiger partial charge in [0.1, 0.15) is 5.75 Å². The number of para-hydroxylation sites is 1. The second kappa shape index (κ2) is 5.99. The molecule has 2 bridgehead atoms. The molecule has 1 amide bonds. The highest BCUT2D eigenvalue weighted by Crippen LogP contribution is 2.52. The van der Waals surface area contributed by atoms with Crippen LogP contribution in [0.5, 0.6) is 5.75 Å². The first-order valence-corrected chi connectivity index (χ1v) is 7.74. The van der Waals surface area contributed by atoms with Crippen LogP contribution in [0.2, 0.25) is 0 Å². The van der Waals surface area contributed by atoms with Crippen LogP contribution in [-0.4, -0.2) is 24.1 Å². The van der Waals surface area contributed by atoms with Gasteiger partial charge in [-0.2, -0.15) is 0 Å². The zero-order valence-corrected chi connectivity index (χ0v) is 12.6. The van der Waals surface area contributed by atoms with Crippen LogP contribution in [0.3, 0.4) is 0 Å². The van der Waals surface area contributed by atoms with E-state index in [0.29, 0.717) is 6.54 Å². The summed E-state index contributed by atoms with van der Waals surface area (Å²) in [6.45, 7) is 0.364. The third-order valence-electron chi connectivity index (χ3n) is 5.15. The molecule has 5 nitrogen and oxygen atoms in total. The number of fused-ring (bicyclic) bond motifs is 2. The van der Waals surface area contributed by atoms with E-state index in [9.17, 15) is 14.7 Å². The number of carboxylic acid groups (broad SMARTS) is 1. The predicted octanol–water partition coefficient (Wildman–Crippen LogP) is 2.06. The van der Waals surface area contributed by atoms with Gasteiger partial charge in [-0.1, -0.05) is 18.2 Å². The number of carbonyl (C=O) groups excluding carboxylic acids is 1. The normalized spacial score (nSPS) is 29.3. The van der Waals surface area contributed by atoms with Crippen molar-refractivity contribution < 1.29 is 19.4 Å². The first kappa shape index (κ1) is 14.9. The topological polar surface area (TPSA) is 75.6 Å². The number of hydrogen-bond acceptors (Lipinski definition) is 3. The Bertz CT molecular complexity index is 586. The molecular formula is C17H21NO4. The van der Waals surface area contributed by atoms with Gasteiger partial charge in [0, 0.05) is 12.1 Å². The number of benzene rings is 1. The van der Waals surface area contributed by atoms with Gasteiger partial charge < -0.3 is 15.2 Å². The second-order valence-electron chi connectivity index (χ2n) is 6.25. The van der Waals surface area contributed by atoms with Crippen LogP contribution in [0, 0.1) is 23.7 Å². The fourth-order valence-corrected chi connectivity index (χ4v) is 4.17. The summed E-state index contributed by atoms with van der Waals surface area (Å²) in [5.74, 6) is -0.740. The largest absolute Gasteiger partial charge is 0.496 e. The van der Waals surface area contributed by atoms with E-state index in [0.717, 1.165) is 30.6 Å². The summed E-state index contributed by atoms with van der Waals surface area (Å²) in [6, 6.07) is 7.51. The molecule has 2 aliphatic rings. The molecule has 0 radical (unpaired) electrons. The van der Waals surface area contributed by atoms with Gasteiger partial charge in [-0.3, -0.25) is 9.59 Å². The molecule has 1 aromatic rings. The number of amides is 1. The van der Waals surface area contributed by atoms with Crippen LogP contribution in [0.4, 0.5) is 0 Å². The Hall–Kier alpha value is -2.04. The van der Waals surface area contributed by atoms with E-state index in [2.05, 4.69) is 5.32 Å². The molecule has 118 valence electrons. The molecule has 1 aromatic carbocycles. The first-order chi connectivity index (χ1) is 10.6. The van der Waals surface area contributed by atoms with E-state index < -0.39 is 11.9 Å². The Kier molecular flexibility index (Phi) is 4.05. The minimum Gasteiger partial charge on any atom is -0.496 e. The summed E-state index contributed by atoms with van der Waals surface area (Å²) in [4.78, 5) is 24.0. The van der Waals surface area contributed by atoms with Crippen molar-refractivity contribution >= 4 is 11.9 Å². The molecule has 3 rings (SSSR count). The SMILES string of the molecule is COc1ccccc1CNC(=O)C1C2CCC(C2)C1C(=O)O. The summed E-state index contributed by atoms with van der Waals surface area (Å²) in [7, 11) is 1.59. The van der Waals surface area contributed by atoms with Crippen LogP contribution < -0.4 is 10.1 Å². The molecule has 2 saturated carbocycles. The van der Waals surface area contributed by atoms with Crippen molar-refractivity contribution in [1.29, 1.82) is 0 Å². The van der Waals surface area contributed by atoms with Gasteiger partial charge in [0.25, 0.3) is 0 Å². The van der Waals surface area contributed by atoms with Crippen molar-refractivity contribution in [3.8, 4) is 5.75 Å². The zero-order chi connectivity index (χ0) is 15.7. The number of ether oxygens (including phenoxy) is 1. The monoisotopic (exact) mass is 303 g/mol. The highest BCUT2D eigenvalue weighted by Gasteiger charge is 2.53. The smallest absolute Gasteiger partial charge is 0.307 e. The van der Waals surface area contributed by atoms with Gasteiger partial charge in [0.15, 0.2) is 0 Å². The number of carbonyl (C=O) groups is 2. The molecule has 0 saturated heterocycles. The predicted molar refractivity (Wildman–Crippen MR) is 80.3 cm³/mol. The van der Waals surface area contributed by atoms with Crippen molar-refractivity contribution in [2.45, 2.75) is 25.8 Å².